The van der Waals surface area contributed by atoms with Gasteiger partial charge in [0.2, 0.25) is 0 Å². The van der Waals surface area contributed by atoms with Gasteiger partial charge in [-0.2, -0.15) is 0 Å². The van der Waals surface area contributed by atoms with E-state index in [0.717, 1.165) is 16.2 Å². The van der Waals surface area contributed by atoms with Crippen LogP contribution in [0.3, 0.4) is 0 Å². The van der Waals surface area contributed by atoms with E-state index in [-0.39, 0.29) is 10.8 Å². The fourth-order valence-corrected chi connectivity index (χ4v) is 4.94. The van der Waals surface area contributed by atoms with Crippen LogP contribution in [0.1, 0.15) is 5.56 Å². The average molecular weight is 372 g/mol. The Labute approximate surface area is 143 Å². The van der Waals surface area contributed by atoms with Gasteiger partial charge in [0.1, 0.15) is 10.0 Å². The molecule has 0 aliphatic rings. The Balaban J connectivity index is 2.25. The Morgan fingerprint density at radius 1 is 1.39 bits per heavy atom. The van der Waals surface area contributed by atoms with Gasteiger partial charge in [0.25, 0.3) is 10.0 Å². The second-order valence-electron chi connectivity index (χ2n) is 4.92. The number of hydrogen-bond acceptors (Lipinski definition) is 3. The number of halogens is 2. The molecule has 0 amide bonds. The number of aryl methyl sites for hydroxylation is 1. The van der Waals surface area contributed by atoms with Crippen LogP contribution < -0.4 is 4.72 Å². The summed E-state index contributed by atoms with van der Waals surface area (Å²) in [5, 5.41) is 1.37. The van der Waals surface area contributed by atoms with E-state index >= 15 is 0 Å². The zero-order chi connectivity index (χ0) is 17.2. The van der Waals surface area contributed by atoms with Crippen LogP contribution in [0, 0.1) is 6.92 Å². The lowest BCUT2D eigenvalue weighted by molar-refractivity contribution is 0.587. The second-order valence-corrected chi connectivity index (χ2v) is 8.37. The van der Waals surface area contributed by atoms with Crippen molar-refractivity contribution in [2.45, 2.75) is 11.1 Å². The number of rotatable bonds is 6. The zero-order valence-electron chi connectivity index (χ0n) is 12.4. The van der Waals surface area contributed by atoms with Crippen LogP contribution in [0.5, 0.6) is 0 Å². The van der Waals surface area contributed by atoms with Crippen LogP contribution in [0.25, 0.3) is 10.1 Å². The fraction of sp³-hybridized carbons (Fsp3) is 0.125. The van der Waals surface area contributed by atoms with Crippen molar-refractivity contribution in [3.05, 3.63) is 65.5 Å². The maximum atomic E-state index is 12.5. The van der Waals surface area contributed by atoms with Crippen LogP contribution in [-0.2, 0) is 10.0 Å². The molecule has 0 saturated carbocycles. The molecule has 122 valence electrons. The lowest BCUT2D eigenvalue weighted by Crippen LogP contribution is -2.25. The smallest absolute Gasteiger partial charge is 0.208 e. The van der Waals surface area contributed by atoms with Crippen molar-refractivity contribution in [1.82, 2.24) is 4.72 Å². The first-order chi connectivity index (χ1) is 10.7. The minimum atomic E-state index is -3.68. The summed E-state index contributed by atoms with van der Waals surface area (Å²) in [5.41, 5.74) is 1.08. The molecule has 0 aliphatic heterocycles. The van der Waals surface area contributed by atoms with Gasteiger partial charge >= 0.3 is 0 Å². The van der Waals surface area contributed by atoms with E-state index in [4.69, 9.17) is 11.6 Å². The maximum absolute atomic E-state index is 12.5. The number of nitrogens with one attached hydrogen (secondary N) is 1. The largest absolute Gasteiger partial charge is 0.250 e. The van der Waals surface area contributed by atoms with Crippen LogP contribution in [0.4, 0.5) is 4.39 Å². The number of fused-ring (bicyclic) bond motifs is 1. The zero-order valence-corrected chi connectivity index (χ0v) is 14.8. The first kappa shape index (κ1) is 17.9. The highest BCUT2D eigenvalue weighted by Gasteiger charge is 2.21. The van der Waals surface area contributed by atoms with Crippen LogP contribution in [-0.4, -0.2) is 15.0 Å². The predicted octanol–water partition coefficient (Wildman–Crippen LogP) is 4.74. The molecule has 1 N–H and O–H groups in total. The van der Waals surface area contributed by atoms with E-state index in [1.54, 1.807) is 25.1 Å². The molecule has 0 radical (unpaired) electrons. The van der Waals surface area contributed by atoms with E-state index in [1.165, 1.54) is 17.4 Å². The Morgan fingerprint density at radius 2 is 2.09 bits per heavy atom. The van der Waals surface area contributed by atoms with Gasteiger partial charge in [-0.25, -0.2) is 17.5 Å². The summed E-state index contributed by atoms with van der Waals surface area (Å²) in [6, 6.07) is 5.26. The molecule has 0 atom stereocenters. The molecule has 2 rings (SSSR count). The highest BCUT2D eigenvalue weighted by molar-refractivity contribution is 7.91. The topological polar surface area (TPSA) is 46.2 Å². The van der Waals surface area contributed by atoms with Gasteiger partial charge < -0.3 is 0 Å². The normalized spacial score (nSPS) is 12.1. The van der Waals surface area contributed by atoms with Crippen LogP contribution in [0.2, 0.25) is 5.02 Å². The summed E-state index contributed by atoms with van der Waals surface area (Å²) in [5.74, 6) is -0.619. The first-order valence-electron chi connectivity index (χ1n) is 6.59. The molecule has 0 saturated heterocycles. The summed E-state index contributed by atoms with van der Waals surface area (Å²) in [6.07, 6.45) is 2.51. The highest BCUT2D eigenvalue weighted by atomic mass is 35.5. The molecule has 7 heteroatoms. The number of hydrogen-bond donors (Lipinski definition) is 1. The van der Waals surface area contributed by atoms with Gasteiger partial charge in [-0.05, 0) is 47.7 Å². The molecular weight excluding hydrogens is 357 g/mol. The molecule has 3 nitrogen and oxygen atoms in total. The standard InChI is InChI=1S/C16H15ClFNO2S2/c1-10(4-5-11(2)18)9-19-23(20,21)16-12(3)14-8-13(17)6-7-15(14)22-16/h4-8,19H,1-2,9H2,3H3/b5-4-. The molecule has 0 bridgehead atoms. The number of sulfonamides is 1. The van der Waals surface area contributed by atoms with Crippen molar-refractivity contribution in [1.29, 1.82) is 0 Å². The highest BCUT2D eigenvalue weighted by Crippen LogP contribution is 2.35. The third-order valence-electron chi connectivity index (χ3n) is 3.09. The molecule has 2 aromatic rings. The van der Waals surface area contributed by atoms with Crippen LogP contribution >= 0.6 is 22.9 Å². The van der Waals surface area contributed by atoms with Crippen molar-refractivity contribution >= 4 is 43.0 Å². The summed E-state index contributed by atoms with van der Waals surface area (Å²) >= 11 is 7.14. The summed E-state index contributed by atoms with van der Waals surface area (Å²) < 4.78 is 41.0. The van der Waals surface area contributed by atoms with Gasteiger partial charge in [0.05, 0.1) is 0 Å². The molecule has 0 fully saturated rings. The lowest BCUT2D eigenvalue weighted by atomic mass is 10.2. The summed E-state index contributed by atoms with van der Waals surface area (Å²) in [6.45, 7) is 8.48. The molecule has 1 aromatic carbocycles. The van der Waals surface area contributed by atoms with Gasteiger partial charge in [-0.3, -0.25) is 0 Å². The molecule has 0 aliphatic carbocycles. The predicted molar refractivity (Wildman–Crippen MR) is 95.3 cm³/mol. The second kappa shape index (κ2) is 6.97. The van der Waals surface area contributed by atoms with Crippen molar-refractivity contribution < 1.29 is 12.8 Å². The molecule has 23 heavy (non-hydrogen) atoms. The molecular formula is C16H15ClFNO2S2. The monoisotopic (exact) mass is 371 g/mol. The third-order valence-corrected chi connectivity index (χ3v) is 6.62. The third kappa shape index (κ3) is 4.29. The SMILES string of the molecule is C=C(F)/C=C\C(=C)CNS(=O)(=O)c1sc2ccc(Cl)cc2c1C. The Hall–Kier alpha value is -1.47. The number of benzene rings is 1. The minimum absolute atomic E-state index is 0.0133. The lowest BCUT2D eigenvalue weighted by Gasteiger charge is -2.05. The molecule has 0 spiro atoms. The quantitative estimate of drug-likeness (QED) is 0.745. The Bertz CT molecular complexity index is 914. The van der Waals surface area contributed by atoms with E-state index in [2.05, 4.69) is 17.9 Å². The van der Waals surface area contributed by atoms with Gasteiger partial charge in [-0.15, -0.1) is 11.3 Å². The first-order valence-corrected chi connectivity index (χ1v) is 9.27. The van der Waals surface area contributed by atoms with Crippen molar-refractivity contribution in [2.24, 2.45) is 0 Å². The minimum Gasteiger partial charge on any atom is -0.208 e. The van der Waals surface area contributed by atoms with Crippen molar-refractivity contribution in [3.63, 3.8) is 0 Å². The molecule has 0 unspecified atom stereocenters. The van der Waals surface area contributed by atoms with Gasteiger partial charge in [-0.1, -0.05) is 30.8 Å². The van der Waals surface area contributed by atoms with Gasteiger partial charge in [0, 0.05) is 16.3 Å². The molecule has 1 aromatic heterocycles. The maximum Gasteiger partial charge on any atom is 0.250 e. The Morgan fingerprint density at radius 3 is 2.74 bits per heavy atom. The Kier molecular flexibility index (Phi) is 5.41. The van der Waals surface area contributed by atoms with E-state index < -0.39 is 15.9 Å². The van der Waals surface area contributed by atoms with Crippen LogP contribution in [0.15, 0.2) is 59.1 Å². The number of thiophene rings is 1. The van der Waals surface area contributed by atoms with Gasteiger partial charge in [0.15, 0.2) is 0 Å². The molecule has 1 heterocycles. The van der Waals surface area contributed by atoms with E-state index in [0.29, 0.717) is 16.2 Å². The summed E-state index contributed by atoms with van der Waals surface area (Å²) in [7, 11) is -3.68. The van der Waals surface area contributed by atoms with Crippen molar-refractivity contribution in [3.8, 4) is 0 Å². The summed E-state index contributed by atoms with van der Waals surface area (Å²) in [4.78, 5) is 0. The fourth-order valence-electron chi connectivity index (χ4n) is 1.95. The van der Waals surface area contributed by atoms with E-state index in [1.807, 2.05) is 0 Å². The van der Waals surface area contributed by atoms with E-state index in [9.17, 15) is 12.8 Å². The van der Waals surface area contributed by atoms with Crippen molar-refractivity contribution in [2.75, 3.05) is 6.54 Å². The average Bonchev–Trinajstić information content (AvgIpc) is 2.81. The number of allylic oxidation sites excluding steroid dienone is 2.